The van der Waals surface area contributed by atoms with E-state index in [0.29, 0.717) is 5.56 Å². The van der Waals surface area contributed by atoms with Crippen LogP contribution in [-0.2, 0) is 0 Å². The van der Waals surface area contributed by atoms with Gasteiger partial charge in [0.25, 0.3) is 11.4 Å². The van der Waals surface area contributed by atoms with Gasteiger partial charge in [0.2, 0.25) is 0 Å². The number of nitrogens with zero attached hydrogens (tertiary/aromatic N) is 2. The number of nitrogens with one attached hydrogen (secondary N) is 2. The number of rotatable bonds is 10. The highest BCUT2D eigenvalue weighted by Gasteiger charge is 2.37. The number of aliphatic hydroxyl groups excluding tert-OH is 5. The van der Waals surface area contributed by atoms with E-state index < -0.39 is 64.3 Å². The summed E-state index contributed by atoms with van der Waals surface area (Å²) >= 11 is 0. The van der Waals surface area contributed by atoms with Crippen LogP contribution < -0.4 is 10.6 Å². The first-order valence-corrected chi connectivity index (χ1v) is 10.7. The van der Waals surface area contributed by atoms with Gasteiger partial charge in [-0.3, -0.25) is 20.2 Å². The van der Waals surface area contributed by atoms with E-state index in [2.05, 4.69) is 10.6 Å². The van der Waals surface area contributed by atoms with E-state index in [1.165, 1.54) is 12.1 Å². The Bertz CT molecular complexity index is 1080. The third kappa shape index (κ3) is 5.97. The van der Waals surface area contributed by atoms with Crippen molar-refractivity contribution in [3.8, 4) is 0 Å². The van der Waals surface area contributed by atoms with Crippen LogP contribution in [0.3, 0.4) is 0 Å². The Kier molecular flexibility index (Phi) is 8.45. The molecule has 1 aliphatic carbocycles. The van der Waals surface area contributed by atoms with Crippen LogP contribution >= 0.6 is 0 Å². The van der Waals surface area contributed by atoms with Crippen LogP contribution in [0.5, 0.6) is 0 Å². The van der Waals surface area contributed by atoms with Crippen LogP contribution in [0.25, 0.3) is 0 Å². The van der Waals surface area contributed by atoms with Crippen LogP contribution in [-0.4, -0.2) is 78.9 Å². The summed E-state index contributed by atoms with van der Waals surface area (Å²) in [6.07, 6.45) is -4.30. The van der Waals surface area contributed by atoms with Crippen molar-refractivity contribution in [2.45, 2.75) is 36.5 Å². The molecule has 0 saturated carbocycles. The van der Waals surface area contributed by atoms with Crippen LogP contribution in [0.4, 0.5) is 17.1 Å². The number of hydrogen-bond acceptors (Lipinski definition) is 11. The van der Waals surface area contributed by atoms with Crippen molar-refractivity contribution in [2.24, 2.45) is 0 Å². The summed E-state index contributed by atoms with van der Waals surface area (Å²) in [5, 5.41) is 79.2. The number of non-ortho nitro benzene ring substituents is 1. The average molecular weight is 490 g/mol. The van der Waals surface area contributed by atoms with E-state index >= 15 is 0 Å². The van der Waals surface area contributed by atoms with Crippen LogP contribution in [0, 0.1) is 20.2 Å². The van der Waals surface area contributed by atoms with Gasteiger partial charge >= 0.3 is 0 Å². The second kappa shape index (κ2) is 11.3. The minimum atomic E-state index is -1.57. The van der Waals surface area contributed by atoms with E-state index in [-0.39, 0.29) is 17.8 Å². The molecule has 0 bridgehead atoms. The molecule has 0 spiro atoms. The monoisotopic (exact) mass is 490 g/mol. The number of aliphatic hydroxyl groups is 5. The highest BCUT2D eigenvalue weighted by molar-refractivity contribution is 5.66. The molecule has 7 N–H and O–H groups in total. The van der Waals surface area contributed by atoms with Crippen molar-refractivity contribution in [2.75, 3.05) is 18.5 Å². The summed E-state index contributed by atoms with van der Waals surface area (Å²) in [4.78, 5) is 21.0. The van der Waals surface area contributed by atoms with Crippen molar-refractivity contribution < 1.29 is 35.4 Å². The van der Waals surface area contributed by atoms with Crippen molar-refractivity contribution in [3.05, 3.63) is 86.0 Å². The van der Waals surface area contributed by atoms with Gasteiger partial charge in [0.05, 0.1) is 34.6 Å². The Morgan fingerprint density at radius 1 is 0.971 bits per heavy atom. The Balaban J connectivity index is 1.90. The molecule has 35 heavy (non-hydrogen) atoms. The average Bonchev–Trinajstić information content (AvgIpc) is 2.86. The third-order valence-corrected chi connectivity index (χ3v) is 5.82. The second-order valence-corrected chi connectivity index (χ2v) is 8.08. The van der Waals surface area contributed by atoms with Crippen molar-refractivity contribution in [1.82, 2.24) is 5.32 Å². The lowest BCUT2D eigenvalue weighted by Gasteiger charge is -2.36. The van der Waals surface area contributed by atoms with Crippen molar-refractivity contribution in [3.63, 3.8) is 0 Å². The number of anilines is 1. The molecule has 0 heterocycles. The highest BCUT2D eigenvalue weighted by Crippen LogP contribution is 2.31. The summed E-state index contributed by atoms with van der Waals surface area (Å²) in [5.41, 5.74) is -0.543. The third-order valence-electron chi connectivity index (χ3n) is 5.82. The van der Waals surface area contributed by atoms with E-state index in [9.17, 15) is 45.8 Å². The smallest absolute Gasteiger partial charge is 0.299 e. The molecule has 0 amide bonds. The molecule has 0 aromatic heterocycles. The van der Waals surface area contributed by atoms with Crippen molar-refractivity contribution in [1.29, 1.82) is 0 Å². The molecule has 2 aromatic carbocycles. The van der Waals surface area contributed by atoms with Crippen LogP contribution in [0.1, 0.15) is 11.7 Å². The fourth-order valence-corrected chi connectivity index (χ4v) is 3.87. The highest BCUT2D eigenvalue weighted by atomic mass is 16.6. The fourth-order valence-electron chi connectivity index (χ4n) is 3.87. The first kappa shape index (κ1) is 26.2. The summed E-state index contributed by atoms with van der Waals surface area (Å²) in [5.74, 6) is 0. The first-order chi connectivity index (χ1) is 16.6. The number of nitro groups is 2. The maximum atomic E-state index is 11.6. The second-order valence-electron chi connectivity index (χ2n) is 8.08. The molecule has 4 unspecified atom stereocenters. The normalized spacial score (nSPS) is 23.7. The van der Waals surface area contributed by atoms with Gasteiger partial charge in [-0.05, 0) is 17.2 Å². The van der Waals surface area contributed by atoms with Gasteiger partial charge in [0.15, 0.2) is 0 Å². The molecule has 0 fully saturated rings. The van der Waals surface area contributed by atoms with Gasteiger partial charge in [-0.2, -0.15) is 0 Å². The molecule has 1 aliphatic rings. The van der Waals surface area contributed by atoms with Crippen LogP contribution in [0.15, 0.2) is 60.2 Å². The maximum Gasteiger partial charge on any atom is 0.299 e. The summed E-state index contributed by atoms with van der Waals surface area (Å²) < 4.78 is 0. The SMILES string of the molecule is O=[N+]([O-])c1ccc(NC(CNC2C=C(CO)[C@@H](O)C(O)[C@H]2O)C(O)c2ccccc2)c([N+](=O)[O-])c1. The summed E-state index contributed by atoms with van der Waals surface area (Å²) in [7, 11) is 0. The Hall–Kier alpha value is -3.46. The molecule has 2 aromatic rings. The minimum absolute atomic E-state index is 0.0754. The van der Waals surface area contributed by atoms with Gasteiger partial charge in [0, 0.05) is 12.6 Å². The van der Waals surface area contributed by atoms with Gasteiger partial charge in [0.1, 0.15) is 30.1 Å². The lowest BCUT2D eigenvalue weighted by Crippen LogP contribution is -2.55. The quantitative estimate of drug-likeness (QED) is 0.134. The van der Waals surface area contributed by atoms with E-state index in [0.717, 1.165) is 12.1 Å². The minimum Gasteiger partial charge on any atom is -0.392 e. The Labute approximate surface area is 199 Å². The molecular formula is C22H26N4O9. The van der Waals surface area contributed by atoms with E-state index in [1.807, 2.05) is 0 Å². The summed E-state index contributed by atoms with van der Waals surface area (Å²) in [6, 6.07) is 9.60. The fraction of sp³-hybridized carbons (Fsp3) is 0.364. The predicted octanol–water partition coefficient (Wildman–Crippen LogP) is -0.00970. The van der Waals surface area contributed by atoms with Gasteiger partial charge < -0.3 is 36.2 Å². The Morgan fingerprint density at radius 3 is 2.26 bits per heavy atom. The summed E-state index contributed by atoms with van der Waals surface area (Å²) in [6.45, 7) is -0.656. The van der Waals surface area contributed by atoms with Crippen LogP contribution in [0.2, 0.25) is 0 Å². The molecule has 3 rings (SSSR count). The first-order valence-electron chi connectivity index (χ1n) is 10.7. The zero-order valence-electron chi connectivity index (χ0n) is 18.3. The predicted molar refractivity (Wildman–Crippen MR) is 124 cm³/mol. The number of hydrogen-bond donors (Lipinski definition) is 7. The van der Waals surface area contributed by atoms with E-state index in [4.69, 9.17) is 0 Å². The molecule has 0 radical (unpaired) electrons. The Morgan fingerprint density at radius 2 is 1.66 bits per heavy atom. The zero-order valence-corrected chi connectivity index (χ0v) is 18.3. The standard InChI is InChI=1S/C22H26N4O9/c27-11-13-8-16(21(30)22(31)20(13)29)23-10-17(19(28)12-4-2-1-3-5-12)24-15-7-6-14(25(32)33)9-18(15)26(34)35/h1-9,16-17,19-24,27-31H,10-11H2/t16?,17?,19?,20-,21+,22?/m1/s1. The molecule has 0 aliphatic heterocycles. The van der Waals surface area contributed by atoms with Crippen molar-refractivity contribution >= 4 is 17.1 Å². The molecule has 6 atom stereocenters. The molecule has 188 valence electrons. The largest absolute Gasteiger partial charge is 0.392 e. The van der Waals surface area contributed by atoms with Gasteiger partial charge in [-0.25, -0.2) is 0 Å². The zero-order chi connectivity index (χ0) is 25.7. The lowest BCUT2D eigenvalue weighted by atomic mass is 9.88. The number of nitro benzene ring substituents is 2. The number of benzene rings is 2. The topological polar surface area (TPSA) is 211 Å². The van der Waals surface area contributed by atoms with E-state index in [1.54, 1.807) is 30.3 Å². The molecule has 13 nitrogen and oxygen atoms in total. The molecular weight excluding hydrogens is 464 g/mol. The maximum absolute atomic E-state index is 11.6. The van der Waals surface area contributed by atoms with Gasteiger partial charge in [-0.15, -0.1) is 0 Å². The molecule has 0 saturated heterocycles. The lowest BCUT2D eigenvalue weighted by molar-refractivity contribution is -0.393. The molecule has 13 heteroatoms. The van der Waals surface area contributed by atoms with Gasteiger partial charge in [-0.1, -0.05) is 36.4 Å².